The van der Waals surface area contributed by atoms with Crippen LogP contribution in [0.2, 0.25) is 0 Å². The predicted molar refractivity (Wildman–Crippen MR) is 66.7 cm³/mol. The lowest BCUT2D eigenvalue weighted by molar-refractivity contribution is -0.125. The van der Waals surface area contributed by atoms with Crippen molar-refractivity contribution in [1.82, 2.24) is 5.32 Å². The van der Waals surface area contributed by atoms with E-state index in [0.29, 0.717) is 6.54 Å². The second-order valence-electron chi connectivity index (χ2n) is 4.89. The maximum atomic E-state index is 11.9. The molecule has 0 atom stereocenters. The monoisotopic (exact) mass is 235 g/mol. The second kappa shape index (κ2) is 5.89. The highest BCUT2D eigenvalue weighted by atomic mass is 16.3. The van der Waals surface area contributed by atoms with Crippen molar-refractivity contribution in [2.45, 2.75) is 45.4 Å². The van der Waals surface area contributed by atoms with Crippen molar-refractivity contribution in [2.75, 3.05) is 6.54 Å². The van der Waals surface area contributed by atoms with Crippen LogP contribution in [0.15, 0.2) is 16.5 Å². The lowest BCUT2D eigenvalue weighted by Gasteiger charge is -2.20. The van der Waals surface area contributed by atoms with E-state index in [1.807, 2.05) is 19.1 Å². The van der Waals surface area contributed by atoms with Crippen LogP contribution >= 0.6 is 0 Å². The van der Waals surface area contributed by atoms with E-state index in [-0.39, 0.29) is 11.8 Å². The smallest absolute Gasteiger partial charge is 0.223 e. The zero-order valence-electron chi connectivity index (χ0n) is 10.5. The van der Waals surface area contributed by atoms with Gasteiger partial charge in [-0.15, -0.1) is 0 Å². The van der Waals surface area contributed by atoms with E-state index >= 15 is 0 Å². The maximum Gasteiger partial charge on any atom is 0.223 e. The van der Waals surface area contributed by atoms with E-state index in [4.69, 9.17) is 4.42 Å². The fourth-order valence-electron chi connectivity index (χ4n) is 2.44. The fourth-order valence-corrected chi connectivity index (χ4v) is 2.44. The van der Waals surface area contributed by atoms with Crippen LogP contribution in [0.25, 0.3) is 0 Å². The van der Waals surface area contributed by atoms with Gasteiger partial charge in [0.15, 0.2) is 0 Å². The molecule has 1 saturated carbocycles. The molecule has 1 amide bonds. The Morgan fingerprint density at radius 2 is 2.12 bits per heavy atom. The first-order valence-corrected chi connectivity index (χ1v) is 6.59. The molecular formula is C14H21NO2. The summed E-state index contributed by atoms with van der Waals surface area (Å²) >= 11 is 0. The molecule has 1 aromatic rings. The first-order valence-electron chi connectivity index (χ1n) is 6.59. The second-order valence-corrected chi connectivity index (χ2v) is 4.89. The van der Waals surface area contributed by atoms with Gasteiger partial charge in [-0.25, -0.2) is 0 Å². The molecule has 0 aliphatic heterocycles. The van der Waals surface area contributed by atoms with Crippen LogP contribution in [0.5, 0.6) is 0 Å². The predicted octanol–water partition coefficient (Wildman–Crippen LogP) is 2.83. The van der Waals surface area contributed by atoms with Gasteiger partial charge in [0, 0.05) is 18.9 Å². The summed E-state index contributed by atoms with van der Waals surface area (Å²) < 4.78 is 5.46. The van der Waals surface area contributed by atoms with Gasteiger partial charge in [0.05, 0.1) is 0 Å². The Labute approximate surface area is 103 Å². The number of carbonyl (C=O) groups excluding carboxylic acids is 1. The third-order valence-electron chi connectivity index (χ3n) is 3.44. The zero-order chi connectivity index (χ0) is 12.1. The molecule has 2 rings (SSSR count). The molecule has 0 aromatic carbocycles. The van der Waals surface area contributed by atoms with Crippen LogP contribution in [0.1, 0.15) is 43.6 Å². The molecule has 3 nitrogen and oxygen atoms in total. The highest BCUT2D eigenvalue weighted by molar-refractivity contribution is 5.78. The van der Waals surface area contributed by atoms with Crippen molar-refractivity contribution < 1.29 is 9.21 Å². The number of hydrogen-bond acceptors (Lipinski definition) is 2. The molecule has 0 radical (unpaired) electrons. The molecule has 1 aliphatic rings. The quantitative estimate of drug-likeness (QED) is 0.872. The number of carbonyl (C=O) groups is 1. The van der Waals surface area contributed by atoms with Gasteiger partial charge >= 0.3 is 0 Å². The molecule has 1 fully saturated rings. The first-order chi connectivity index (χ1) is 8.25. The van der Waals surface area contributed by atoms with Crippen LogP contribution < -0.4 is 5.32 Å². The topological polar surface area (TPSA) is 42.2 Å². The number of aryl methyl sites for hydroxylation is 1. The first kappa shape index (κ1) is 12.2. The third-order valence-corrected chi connectivity index (χ3v) is 3.44. The third kappa shape index (κ3) is 3.62. The van der Waals surface area contributed by atoms with Gasteiger partial charge in [-0.1, -0.05) is 19.3 Å². The molecule has 0 bridgehead atoms. The highest BCUT2D eigenvalue weighted by Crippen LogP contribution is 2.23. The molecule has 3 heteroatoms. The number of amides is 1. The Morgan fingerprint density at radius 1 is 1.35 bits per heavy atom. The van der Waals surface area contributed by atoms with E-state index in [0.717, 1.165) is 30.8 Å². The summed E-state index contributed by atoms with van der Waals surface area (Å²) in [5.74, 6) is 2.36. The summed E-state index contributed by atoms with van der Waals surface area (Å²) in [6, 6.07) is 3.93. The molecule has 0 spiro atoms. The molecule has 1 N–H and O–H groups in total. The van der Waals surface area contributed by atoms with Crippen LogP contribution in [0, 0.1) is 12.8 Å². The summed E-state index contributed by atoms with van der Waals surface area (Å²) in [6.07, 6.45) is 6.60. The number of hydrogen-bond donors (Lipinski definition) is 1. The van der Waals surface area contributed by atoms with E-state index in [9.17, 15) is 4.79 Å². The van der Waals surface area contributed by atoms with Gasteiger partial charge in [0.2, 0.25) is 5.91 Å². The Kier molecular flexibility index (Phi) is 4.24. The average Bonchev–Trinajstić information content (AvgIpc) is 2.76. The maximum absolute atomic E-state index is 11.9. The minimum absolute atomic E-state index is 0.230. The molecule has 94 valence electrons. The van der Waals surface area contributed by atoms with Gasteiger partial charge in [-0.05, 0) is 31.9 Å². The lowest BCUT2D eigenvalue weighted by atomic mass is 9.89. The van der Waals surface area contributed by atoms with Gasteiger partial charge in [0.1, 0.15) is 11.5 Å². The number of rotatable bonds is 4. The molecule has 0 saturated heterocycles. The van der Waals surface area contributed by atoms with Crippen molar-refractivity contribution in [2.24, 2.45) is 5.92 Å². The van der Waals surface area contributed by atoms with Crippen LogP contribution in [-0.4, -0.2) is 12.5 Å². The average molecular weight is 235 g/mol. The van der Waals surface area contributed by atoms with Crippen molar-refractivity contribution >= 4 is 5.91 Å². The van der Waals surface area contributed by atoms with Crippen molar-refractivity contribution in [3.63, 3.8) is 0 Å². The normalized spacial score (nSPS) is 17.0. The summed E-state index contributed by atoms with van der Waals surface area (Å²) in [7, 11) is 0. The minimum atomic E-state index is 0.230. The molecule has 1 aromatic heterocycles. The van der Waals surface area contributed by atoms with Crippen molar-refractivity contribution in [3.05, 3.63) is 23.7 Å². The SMILES string of the molecule is Cc1ccc(CCNC(=O)C2CCCCC2)o1. The summed E-state index contributed by atoms with van der Waals surface area (Å²) in [5.41, 5.74) is 0. The molecule has 0 unspecified atom stereocenters. The van der Waals surface area contributed by atoms with E-state index in [2.05, 4.69) is 5.32 Å². The minimum Gasteiger partial charge on any atom is -0.466 e. The van der Waals surface area contributed by atoms with Gasteiger partial charge in [0.25, 0.3) is 0 Å². The van der Waals surface area contributed by atoms with E-state index in [1.165, 1.54) is 19.3 Å². The van der Waals surface area contributed by atoms with E-state index in [1.54, 1.807) is 0 Å². The zero-order valence-corrected chi connectivity index (χ0v) is 10.5. The van der Waals surface area contributed by atoms with Gasteiger partial charge in [-0.2, -0.15) is 0 Å². The van der Waals surface area contributed by atoms with Crippen molar-refractivity contribution in [1.29, 1.82) is 0 Å². The summed E-state index contributed by atoms with van der Waals surface area (Å²) in [4.78, 5) is 11.9. The fraction of sp³-hybridized carbons (Fsp3) is 0.643. The van der Waals surface area contributed by atoms with Crippen LogP contribution in [0.3, 0.4) is 0 Å². The van der Waals surface area contributed by atoms with Crippen LogP contribution in [-0.2, 0) is 11.2 Å². The largest absolute Gasteiger partial charge is 0.466 e. The van der Waals surface area contributed by atoms with Gasteiger partial charge < -0.3 is 9.73 Å². The highest BCUT2D eigenvalue weighted by Gasteiger charge is 2.20. The summed E-state index contributed by atoms with van der Waals surface area (Å²) in [6.45, 7) is 2.62. The summed E-state index contributed by atoms with van der Waals surface area (Å²) in [5, 5.41) is 3.01. The van der Waals surface area contributed by atoms with Crippen molar-refractivity contribution in [3.8, 4) is 0 Å². The Bertz CT molecular complexity index is 364. The van der Waals surface area contributed by atoms with Gasteiger partial charge in [-0.3, -0.25) is 4.79 Å². The number of nitrogens with one attached hydrogen (secondary N) is 1. The number of furan rings is 1. The molecule has 17 heavy (non-hydrogen) atoms. The lowest BCUT2D eigenvalue weighted by Crippen LogP contribution is -2.33. The Morgan fingerprint density at radius 3 is 2.76 bits per heavy atom. The standard InChI is InChI=1S/C14H21NO2/c1-11-7-8-13(17-11)9-10-15-14(16)12-5-3-2-4-6-12/h7-8,12H,2-6,9-10H2,1H3,(H,15,16). The van der Waals surface area contributed by atoms with E-state index < -0.39 is 0 Å². The Balaban J connectivity index is 1.69. The molecule has 1 aliphatic carbocycles. The van der Waals surface area contributed by atoms with Crippen LogP contribution in [0.4, 0.5) is 0 Å². The molecular weight excluding hydrogens is 214 g/mol. The molecule has 1 heterocycles. The Hall–Kier alpha value is -1.25.